The van der Waals surface area contributed by atoms with Crippen molar-refractivity contribution in [1.29, 1.82) is 5.41 Å². The van der Waals surface area contributed by atoms with E-state index in [1.807, 2.05) is 41.3 Å². The van der Waals surface area contributed by atoms with E-state index in [1.165, 1.54) is 12.5 Å². The number of β-amino-alcohol motifs (C(OH)–C–C–N with tert-alkyl or cyclic N) is 1. The van der Waals surface area contributed by atoms with E-state index in [9.17, 15) is 18.7 Å². The lowest BCUT2D eigenvalue weighted by atomic mass is 9.85. The summed E-state index contributed by atoms with van der Waals surface area (Å²) in [6, 6.07) is 16.4. The number of nitrogens with one attached hydrogen (secondary N) is 3. The van der Waals surface area contributed by atoms with Crippen LogP contribution in [0.3, 0.4) is 0 Å². The van der Waals surface area contributed by atoms with Gasteiger partial charge in [-0.25, -0.2) is 18.7 Å². The van der Waals surface area contributed by atoms with Crippen LogP contribution in [0.2, 0.25) is 5.02 Å². The van der Waals surface area contributed by atoms with Crippen LogP contribution >= 0.6 is 11.6 Å². The molecule has 1 aliphatic heterocycles. The van der Waals surface area contributed by atoms with Gasteiger partial charge in [-0.1, -0.05) is 35.9 Å². The largest absolute Gasteiger partial charge is 0.496 e. The van der Waals surface area contributed by atoms with E-state index in [0.29, 0.717) is 76.9 Å². The van der Waals surface area contributed by atoms with Crippen LogP contribution in [0.25, 0.3) is 22.2 Å². The maximum atomic E-state index is 14.1. The van der Waals surface area contributed by atoms with E-state index in [4.69, 9.17) is 26.5 Å². The average Bonchev–Trinajstić information content (AvgIpc) is 3.80. The van der Waals surface area contributed by atoms with Crippen molar-refractivity contribution in [3.8, 4) is 22.6 Å². The van der Waals surface area contributed by atoms with Crippen molar-refractivity contribution in [1.82, 2.24) is 24.8 Å². The highest BCUT2D eigenvalue weighted by Crippen LogP contribution is 2.58. The maximum absolute atomic E-state index is 14.1. The van der Waals surface area contributed by atoms with Gasteiger partial charge in [-0.2, -0.15) is 0 Å². The zero-order valence-corrected chi connectivity index (χ0v) is 34.2. The Morgan fingerprint density at radius 1 is 1.00 bits per heavy atom. The van der Waals surface area contributed by atoms with Gasteiger partial charge in [0.1, 0.15) is 23.3 Å². The number of pyridine rings is 1. The lowest BCUT2D eigenvalue weighted by Gasteiger charge is -2.44. The number of hydrogen-bond acceptors (Lipinski definition) is 12. The third kappa shape index (κ3) is 7.70. The summed E-state index contributed by atoms with van der Waals surface area (Å²) < 4.78 is 40.0. The molecule has 3 fully saturated rings. The second kappa shape index (κ2) is 15.7. The Kier molecular flexibility index (Phi) is 10.8. The summed E-state index contributed by atoms with van der Waals surface area (Å²) in [4.78, 5) is 29.1. The zero-order chi connectivity index (χ0) is 41.7. The maximum Gasteiger partial charge on any atom is 0.297 e. The third-order valence-corrected chi connectivity index (χ3v) is 12.7. The first kappa shape index (κ1) is 40.5. The van der Waals surface area contributed by atoms with Crippen molar-refractivity contribution < 1.29 is 28.2 Å². The molecule has 308 valence electrons. The minimum Gasteiger partial charge on any atom is -0.496 e. The molecule has 0 amide bonds. The second-order valence-corrected chi connectivity index (χ2v) is 16.9. The molecular weight excluding hydrogens is 778 g/mol. The molecule has 59 heavy (non-hydrogen) atoms. The van der Waals surface area contributed by atoms with Crippen LogP contribution in [-0.4, -0.2) is 87.9 Å². The molecule has 15 heteroatoms. The number of carbonyl (C=O) groups excluding carboxylic acids is 1. The van der Waals surface area contributed by atoms with Crippen molar-refractivity contribution in [3.05, 3.63) is 88.3 Å². The fourth-order valence-corrected chi connectivity index (χ4v) is 9.61. The molecule has 3 heterocycles. The zero-order valence-electron chi connectivity index (χ0n) is 33.4. The van der Waals surface area contributed by atoms with Crippen LogP contribution in [0.5, 0.6) is 11.5 Å². The highest BCUT2D eigenvalue weighted by atomic mass is 35.5. The number of likely N-dealkylation sites (tertiary alicyclic amines) is 1. The van der Waals surface area contributed by atoms with Crippen LogP contribution in [0.1, 0.15) is 68.0 Å². The van der Waals surface area contributed by atoms with E-state index in [0.717, 1.165) is 43.2 Å². The van der Waals surface area contributed by atoms with Crippen LogP contribution in [0.4, 0.5) is 31.7 Å². The molecule has 3 aromatic carbocycles. The highest BCUT2D eigenvalue weighted by molar-refractivity contribution is 6.36. The number of aromatic nitrogens is 3. The molecule has 2 aromatic heterocycles. The summed E-state index contributed by atoms with van der Waals surface area (Å²) in [5.74, 6) is 0.712. The number of aliphatic hydroxyl groups is 1. The number of hydrogen-bond donors (Lipinski definition) is 4. The molecule has 2 bridgehead atoms. The first-order chi connectivity index (χ1) is 28.3. The van der Waals surface area contributed by atoms with Gasteiger partial charge in [0, 0.05) is 84.2 Å². The van der Waals surface area contributed by atoms with Crippen LogP contribution in [0.15, 0.2) is 60.8 Å². The lowest BCUT2D eigenvalue weighted by Crippen LogP contribution is -2.59. The van der Waals surface area contributed by atoms with Crippen LogP contribution in [-0.2, 0) is 17.9 Å². The fourth-order valence-electron chi connectivity index (χ4n) is 9.34. The van der Waals surface area contributed by atoms with Crippen molar-refractivity contribution in [2.45, 2.75) is 69.7 Å². The number of halogens is 3. The smallest absolute Gasteiger partial charge is 0.297 e. The van der Waals surface area contributed by atoms with Gasteiger partial charge in [0.2, 0.25) is 0 Å². The number of ether oxygens (including phenoxy) is 2. The minimum absolute atomic E-state index is 0.0294. The van der Waals surface area contributed by atoms with E-state index in [2.05, 4.69) is 37.5 Å². The van der Waals surface area contributed by atoms with E-state index >= 15 is 0 Å². The number of benzene rings is 3. The highest BCUT2D eigenvalue weighted by Gasteiger charge is 2.56. The number of aldehydes is 1. The van der Waals surface area contributed by atoms with E-state index in [1.54, 1.807) is 45.5 Å². The molecule has 2 saturated carbocycles. The molecule has 2 aliphatic carbocycles. The van der Waals surface area contributed by atoms with Gasteiger partial charge in [-0.15, -0.1) is 0 Å². The minimum atomic E-state index is -2.93. The molecule has 8 rings (SSSR count). The number of rotatable bonds is 15. The Labute approximate surface area is 346 Å². The summed E-state index contributed by atoms with van der Waals surface area (Å²) in [5, 5.41) is 25.5. The standard InChI is InChI=1S/C44H47ClF2N8O4/c1-42(57)23-55(24-42)20-26-15-34-38(49-19-26)40(53-41(52-34)39(46)47)51-33-10-6-8-29(37(33)45)28-7-5-9-32(30(28)18-48)50-27-16-35(58-3)31(36(17-27)59-4)21-54(2)44-13-11-43(22-44,25-56)12-14-44/h5-10,15-19,25,39,48,50,57H,11-14,20-24H2,1-4H3,(H,51,52,53). The van der Waals surface area contributed by atoms with Gasteiger partial charge in [-0.05, 0) is 75.4 Å². The number of anilines is 4. The van der Waals surface area contributed by atoms with Gasteiger partial charge in [0.05, 0.1) is 41.6 Å². The third-order valence-electron chi connectivity index (χ3n) is 12.3. The Balaban J connectivity index is 1.07. The van der Waals surface area contributed by atoms with Crippen LogP contribution < -0.4 is 20.1 Å². The average molecular weight is 825 g/mol. The monoisotopic (exact) mass is 824 g/mol. The topological polar surface area (TPSA) is 149 Å². The summed E-state index contributed by atoms with van der Waals surface area (Å²) in [6.07, 6.45) is 5.83. The lowest BCUT2D eigenvalue weighted by molar-refractivity contribution is -0.115. The van der Waals surface area contributed by atoms with Crippen molar-refractivity contribution in [2.24, 2.45) is 5.41 Å². The van der Waals surface area contributed by atoms with E-state index in [-0.39, 0.29) is 27.3 Å². The van der Waals surface area contributed by atoms with Crippen molar-refractivity contribution >= 4 is 58.0 Å². The first-order valence-electron chi connectivity index (χ1n) is 19.6. The SMILES string of the molecule is COc1cc(Nc2cccc(-c3cccc(Nc4nc(C(F)F)nc5cc(CN6CC(C)(O)C6)cnc45)c3Cl)c2C=N)cc(OC)c1CN(C)C12CCC(C=O)(CC1)C2. The summed E-state index contributed by atoms with van der Waals surface area (Å²) in [7, 11) is 5.37. The first-order valence-corrected chi connectivity index (χ1v) is 19.9. The second-order valence-electron chi connectivity index (χ2n) is 16.5. The molecule has 1 saturated heterocycles. The number of fused-ring (bicyclic) bond motifs is 3. The van der Waals surface area contributed by atoms with Crippen LogP contribution in [0, 0.1) is 10.8 Å². The van der Waals surface area contributed by atoms with E-state index < -0.39 is 17.9 Å². The van der Waals surface area contributed by atoms with Crippen molar-refractivity contribution in [3.63, 3.8) is 0 Å². The summed E-state index contributed by atoms with van der Waals surface area (Å²) in [5.41, 5.74) is 4.76. The van der Waals surface area contributed by atoms with Gasteiger partial charge in [0.15, 0.2) is 11.6 Å². The molecule has 0 unspecified atom stereocenters. The number of carbonyl (C=O) groups is 1. The molecule has 0 radical (unpaired) electrons. The fraction of sp³-hybridized carbons (Fsp3) is 0.386. The molecule has 5 aromatic rings. The van der Waals surface area contributed by atoms with Gasteiger partial charge in [0.25, 0.3) is 6.43 Å². The Morgan fingerprint density at radius 2 is 1.68 bits per heavy atom. The number of alkyl halides is 2. The van der Waals surface area contributed by atoms with Gasteiger partial charge >= 0.3 is 0 Å². The molecule has 12 nitrogen and oxygen atoms in total. The quantitative estimate of drug-likeness (QED) is 0.0594. The molecular formula is C44H47ClF2N8O4. The Bertz CT molecular complexity index is 2410. The summed E-state index contributed by atoms with van der Waals surface area (Å²) >= 11 is 7.09. The molecule has 0 spiro atoms. The van der Waals surface area contributed by atoms with Crippen molar-refractivity contribution in [2.75, 3.05) is 45.0 Å². The van der Waals surface area contributed by atoms with Gasteiger partial charge < -0.3 is 35.4 Å². The Morgan fingerprint density at radius 3 is 2.29 bits per heavy atom. The normalized spacial score (nSPS) is 20.8. The number of nitrogens with zero attached hydrogens (tertiary/aromatic N) is 5. The summed E-state index contributed by atoms with van der Waals surface area (Å²) in [6.45, 7) is 3.84. The predicted octanol–water partition coefficient (Wildman–Crippen LogP) is 8.69. The Hall–Kier alpha value is -5.28. The molecule has 4 N–H and O–H groups in total. The number of methoxy groups -OCH3 is 2. The molecule has 0 atom stereocenters. The predicted molar refractivity (Wildman–Crippen MR) is 225 cm³/mol. The van der Waals surface area contributed by atoms with Gasteiger partial charge in [-0.3, -0.25) is 14.8 Å². The molecule has 3 aliphatic rings.